The van der Waals surface area contributed by atoms with Crippen molar-refractivity contribution in [3.63, 3.8) is 0 Å². The van der Waals surface area contributed by atoms with Gasteiger partial charge in [0.2, 0.25) is 5.91 Å². The van der Waals surface area contributed by atoms with Crippen LogP contribution in [-0.4, -0.2) is 31.1 Å². The van der Waals surface area contributed by atoms with Crippen LogP contribution in [0.4, 0.5) is 5.69 Å². The second-order valence-electron chi connectivity index (χ2n) is 6.55. The average molecular weight is 368 g/mol. The minimum atomic E-state index is -0.643. The molecule has 27 heavy (non-hydrogen) atoms. The molecular formula is C21H24N2O4. The summed E-state index contributed by atoms with van der Waals surface area (Å²) >= 11 is 0. The summed E-state index contributed by atoms with van der Waals surface area (Å²) < 4.78 is 11.0. The summed E-state index contributed by atoms with van der Waals surface area (Å²) in [5.74, 6) is 0.723. The highest BCUT2D eigenvalue weighted by atomic mass is 16.6. The molecule has 1 aliphatic rings. The average Bonchev–Trinajstić information content (AvgIpc) is 2.71. The standard InChI is InChI=1S/C21H24N2O4/c1-3-14(2)19(23-20(24)15-7-5-4-6-8-15)21(25)22-16-9-10-17-18(13-16)27-12-11-26-17/h4-10,13-14,19H,3,11-12H2,1-2H3,(H,22,25)(H,23,24)/t14-,19-/m0/s1. The third kappa shape index (κ3) is 4.58. The van der Waals surface area contributed by atoms with Crippen LogP contribution in [0.15, 0.2) is 48.5 Å². The summed E-state index contributed by atoms with van der Waals surface area (Å²) in [7, 11) is 0. The molecule has 142 valence electrons. The molecule has 2 N–H and O–H groups in total. The van der Waals surface area contributed by atoms with Gasteiger partial charge in [0.05, 0.1) is 0 Å². The van der Waals surface area contributed by atoms with Gasteiger partial charge in [-0.1, -0.05) is 38.5 Å². The highest BCUT2D eigenvalue weighted by Crippen LogP contribution is 2.32. The zero-order chi connectivity index (χ0) is 19.2. The number of anilines is 1. The molecule has 0 aromatic heterocycles. The van der Waals surface area contributed by atoms with Crippen LogP contribution in [0, 0.1) is 5.92 Å². The van der Waals surface area contributed by atoms with Gasteiger partial charge in [0.1, 0.15) is 19.3 Å². The van der Waals surface area contributed by atoms with E-state index in [1.807, 2.05) is 19.9 Å². The van der Waals surface area contributed by atoms with Crippen molar-refractivity contribution in [3.05, 3.63) is 54.1 Å². The van der Waals surface area contributed by atoms with Gasteiger partial charge in [0.25, 0.3) is 5.91 Å². The number of ether oxygens (including phenoxy) is 2. The first-order valence-corrected chi connectivity index (χ1v) is 9.15. The number of amides is 2. The van der Waals surface area contributed by atoms with Gasteiger partial charge in [-0.3, -0.25) is 9.59 Å². The van der Waals surface area contributed by atoms with E-state index in [1.165, 1.54) is 0 Å². The van der Waals surface area contributed by atoms with Crippen LogP contribution in [-0.2, 0) is 4.79 Å². The maximum atomic E-state index is 12.8. The number of benzene rings is 2. The highest BCUT2D eigenvalue weighted by Gasteiger charge is 2.26. The normalized spacial score (nSPS) is 14.7. The topological polar surface area (TPSA) is 76.7 Å². The lowest BCUT2D eigenvalue weighted by Crippen LogP contribution is -2.47. The van der Waals surface area contributed by atoms with Crippen LogP contribution in [0.2, 0.25) is 0 Å². The van der Waals surface area contributed by atoms with E-state index < -0.39 is 6.04 Å². The molecular weight excluding hydrogens is 344 g/mol. The minimum Gasteiger partial charge on any atom is -0.486 e. The van der Waals surface area contributed by atoms with E-state index in [1.54, 1.807) is 42.5 Å². The Kier molecular flexibility index (Phi) is 5.96. The van der Waals surface area contributed by atoms with Crippen LogP contribution in [0.1, 0.15) is 30.6 Å². The fourth-order valence-corrected chi connectivity index (χ4v) is 2.86. The van der Waals surface area contributed by atoms with Crippen molar-refractivity contribution in [3.8, 4) is 11.5 Å². The maximum absolute atomic E-state index is 12.8. The molecule has 2 amide bonds. The summed E-state index contributed by atoms with van der Waals surface area (Å²) in [5.41, 5.74) is 1.13. The predicted molar refractivity (Wildman–Crippen MR) is 103 cm³/mol. The minimum absolute atomic E-state index is 0.0186. The highest BCUT2D eigenvalue weighted by molar-refractivity contribution is 6.01. The summed E-state index contributed by atoms with van der Waals surface area (Å²) in [5, 5.41) is 5.73. The van der Waals surface area contributed by atoms with E-state index in [0.29, 0.717) is 36.0 Å². The molecule has 3 rings (SSSR count). The van der Waals surface area contributed by atoms with Gasteiger partial charge in [-0.2, -0.15) is 0 Å². The third-order valence-electron chi connectivity index (χ3n) is 4.63. The number of carbonyl (C=O) groups is 2. The van der Waals surface area contributed by atoms with Crippen molar-refractivity contribution in [2.75, 3.05) is 18.5 Å². The molecule has 1 heterocycles. The van der Waals surface area contributed by atoms with Gasteiger partial charge in [0.15, 0.2) is 11.5 Å². The molecule has 2 aromatic carbocycles. The lowest BCUT2D eigenvalue weighted by atomic mass is 9.97. The quantitative estimate of drug-likeness (QED) is 0.821. The summed E-state index contributed by atoms with van der Waals surface area (Å²) in [4.78, 5) is 25.3. The molecule has 0 radical (unpaired) electrons. The fourth-order valence-electron chi connectivity index (χ4n) is 2.86. The van der Waals surface area contributed by atoms with Gasteiger partial charge in [-0.05, 0) is 30.2 Å². The Labute approximate surface area is 158 Å². The Bertz CT molecular complexity index is 807. The molecule has 0 saturated heterocycles. The molecule has 0 aliphatic carbocycles. The molecule has 0 saturated carbocycles. The van der Waals surface area contributed by atoms with E-state index in [-0.39, 0.29) is 17.7 Å². The zero-order valence-corrected chi connectivity index (χ0v) is 15.5. The lowest BCUT2D eigenvalue weighted by molar-refractivity contribution is -0.119. The fraction of sp³-hybridized carbons (Fsp3) is 0.333. The number of nitrogens with one attached hydrogen (secondary N) is 2. The van der Waals surface area contributed by atoms with Crippen LogP contribution in [0.3, 0.4) is 0 Å². The Morgan fingerprint density at radius 3 is 2.44 bits per heavy atom. The molecule has 2 atom stereocenters. The van der Waals surface area contributed by atoms with Crippen molar-refractivity contribution < 1.29 is 19.1 Å². The van der Waals surface area contributed by atoms with Crippen LogP contribution in [0.25, 0.3) is 0 Å². The Hall–Kier alpha value is -3.02. The van der Waals surface area contributed by atoms with Gasteiger partial charge >= 0.3 is 0 Å². The largest absolute Gasteiger partial charge is 0.486 e. The number of hydrogen-bond acceptors (Lipinski definition) is 4. The molecule has 0 unspecified atom stereocenters. The van der Waals surface area contributed by atoms with Crippen molar-refractivity contribution in [2.24, 2.45) is 5.92 Å². The smallest absolute Gasteiger partial charge is 0.251 e. The molecule has 0 spiro atoms. The first kappa shape index (κ1) is 18.8. The summed E-state index contributed by atoms with van der Waals surface area (Å²) in [6.07, 6.45) is 0.758. The molecule has 6 heteroatoms. The van der Waals surface area contributed by atoms with E-state index in [9.17, 15) is 9.59 Å². The van der Waals surface area contributed by atoms with Crippen molar-refractivity contribution in [2.45, 2.75) is 26.3 Å². The van der Waals surface area contributed by atoms with E-state index >= 15 is 0 Å². The summed E-state index contributed by atoms with van der Waals surface area (Å²) in [6.45, 7) is 4.93. The molecule has 2 aromatic rings. The number of rotatable bonds is 6. The number of carbonyl (C=O) groups excluding carboxylic acids is 2. The monoisotopic (exact) mass is 368 g/mol. The first-order chi connectivity index (χ1) is 13.1. The number of fused-ring (bicyclic) bond motifs is 1. The van der Waals surface area contributed by atoms with Crippen molar-refractivity contribution >= 4 is 17.5 Å². The molecule has 0 bridgehead atoms. The van der Waals surface area contributed by atoms with E-state index in [4.69, 9.17) is 9.47 Å². The molecule has 6 nitrogen and oxygen atoms in total. The third-order valence-corrected chi connectivity index (χ3v) is 4.63. The maximum Gasteiger partial charge on any atom is 0.251 e. The second-order valence-corrected chi connectivity index (χ2v) is 6.55. The van der Waals surface area contributed by atoms with Crippen LogP contribution < -0.4 is 20.1 Å². The SMILES string of the molecule is CC[C@H](C)[C@H](NC(=O)c1ccccc1)C(=O)Nc1ccc2c(c1)OCCO2. The zero-order valence-electron chi connectivity index (χ0n) is 15.5. The van der Waals surface area contributed by atoms with Crippen LogP contribution >= 0.6 is 0 Å². The van der Waals surface area contributed by atoms with Crippen molar-refractivity contribution in [1.82, 2.24) is 5.32 Å². The first-order valence-electron chi connectivity index (χ1n) is 9.15. The van der Waals surface area contributed by atoms with E-state index in [0.717, 1.165) is 6.42 Å². The Balaban J connectivity index is 1.72. The van der Waals surface area contributed by atoms with Crippen LogP contribution in [0.5, 0.6) is 11.5 Å². The van der Waals surface area contributed by atoms with Gasteiger partial charge in [-0.15, -0.1) is 0 Å². The number of hydrogen-bond donors (Lipinski definition) is 2. The Morgan fingerprint density at radius 1 is 1.04 bits per heavy atom. The van der Waals surface area contributed by atoms with Crippen molar-refractivity contribution in [1.29, 1.82) is 0 Å². The second kappa shape index (κ2) is 8.58. The van der Waals surface area contributed by atoms with Gasteiger partial charge < -0.3 is 20.1 Å². The van der Waals surface area contributed by atoms with Gasteiger partial charge in [-0.25, -0.2) is 0 Å². The van der Waals surface area contributed by atoms with Gasteiger partial charge in [0, 0.05) is 17.3 Å². The molecule has 0 fully saturated rings. The summed E-state index contributed by atoms with van der Waals surface area (Å²) in [6, 6.07) is 13.5. The lowest BCUT2D eigenvalue weighted by Gasteiger charge is -2.24. The predicted octanol–water partition coefficient (Wildman–Crippen LogP) is 3.24. The Morgan fingerprint density at radius 2 is 1.74 bits per heavy atom. The van der Waals surface area contributed by atoms with E-state index in [2.05, 4.69) is 10.6 Å². The molecule has 1 aliphatic heterocycles.